The summed E-state index contributed by atoms with van der Waals surface area (Å²) >= 11 is 0. The summed E-state index contributed by atoms with van der Waals surface area (Å²) in [7, 11) is 0. The summed E-state index contributed by atoms with van der Waals surface area (Å²) in [5.41, 5.74) is 4.86. The maximum Gasteiger partial charge on any atom is 0.219 e. The molecule has 0 spiro atoms. The molecule has 14 heavy (non-hydrogen) atoms. The summed E-state index contributed by atoms with van der Waals surface area (Å²) in [6, 6.07) is -0.778. The van der Waals surface area contributed by atoms with Crippen LogP contribution in [0.15, 0.2) is 0 Å². The molecular formula is C9H18N2O3. The van der Waals surface area contributed by atoms with Gasteiger partial charge in [0.1, 0.15) is 0 Å². The second-order valence-electron chi connectivity index (χ2n) is 2.53. The summed E-state index contributed by atoms with van der Waals surface area (Å²) < 4.78 is 0. The Kier molecular flexibility index (Phi) is 8.86. The number of primary amides is 1. The highest BCUT2D eigenvalue weighted by atomic mass is 16.2. The van der Waals surface area contributed by atoms with Crippen LogP contribution in [0.25, 0.3) is 0 Å². The van der Waals surface area contributed by atoms with Gasteiger partial charge in [-0.3, -0.25) is 14.4 Å². The minimum absolute atomic E-state index is 0.144. The van der Waals surface area contributed by atoms with Crippen LogP contribution in [0.1, 0.15) is 34.1 Å². The van der Waals surface area contributed by atoms with E-state index in [1.165, 1.54) is 13.8 Å². The topological polar surface area (TPSA) is 89.3 Å². The van der Waals surface area contributed by atoms with Gasteiger partial charge in [0, 0.05) is 6.92 Å². The fraction of sp³-hybridized carbons (Fsp3) is 0.667. The third kappa shape index (κ3) is 8.70. The van der Waals surface area contributed by atoms with Crippen LogP contribution < -0.4 is 11.1 Å². The predicted octanol–water partition coefficient (Wildman–Crippen LogP) is -0.0183. The molecule has 0 saturated heterocycles. The largest absolute Gasteiger partial charge is 0.370 e. The second-order valence-corrected chi connectivity index (χ2v) is 2.53. The third-order valence-electron chi connectivity index (χ3n) is 1.27. The molecule has 0 aliphatic heterocycles. The van der Waals surface area contributed by atoms with Gasteiger partial charge < -0.3 is 11.1 Å². The Hall–Kier alpha value is -1.39. The van der Waals surface area contributed by atoms with Crippen molar-refractivity contribution in [2.24, 2.45) is 5.73 Å². The highest BCUT2D eigenvalue weighted by Gasteiger charge is 2.16. The molecule has 0 saturated carbocycles. The smallest absolute Gasteiger partial charge is 0.219 e. The summed E-state index contributed by atoms with van der Waals surface area (Å²) in [6.45, 7) is 6.57. The normalized spacial score (nSPS) is 10.6. The quantitative estimate of drug-likeness (QED) is 0.671. The Morgan fingerprint density at radius 2 is 1.64 bits per heavy atom. The molecule has 3 N–H and O–H groups in total. The van der Waals surface area contributed by atoms with E-state index in [9.17, 15) is 14.4 Å². The van der Waals surface area contributed by atoms with E-state index in [0.29, 0.717) is 0 Å². The van der Waals surface area contributed by atoms with Crippen LogP contribution in [0.4, 0.5) is 0 Å². The molecule has 0 bridgehead atoms. The van der Waals surface area contributed by atoms with E-state index < -0.39 is 11.9 Å². The lowest BCUT2D eigenvalue weighted by atomic mass is 10.1. The molecule has 0 aliphatic rings. The maximum atomic E-state index is 10.8. The molecule has 0 aromatic carbocycles. The van der Waals surface area contributed by atoms with Crippen LogP contribution in [0, 0.1) is 0 Å². The Morgan fingerprint density at radius 1 is 1.21 bits per heavy atom. The Morgan fingerprint density at radius 3 is 1.86 bits per heavy atom. The molecular weight excluding hydrogens is 184 g/mol. The first-order valence-electron chi connectivity index (χ1n) is 4.49. The Labute approximate surface area is 84.0 Å². The van der Waals surface area contributed by atoms with Gasteiger partial charge in [0.05, 0.1) is 12.5 Å². The van der Waals surface area contributed by atoms with Crippen molar-refractivity contribution in [2.45, 2.75) is 40.2 Å². The van der Waals surface area contributed by atoms with Gasteiger partial charge in [0.15, 0.2) is 5.78 Å². The number of rotatable bonds is 4. The summed E-state index contributed by atoms with van der Waals surface area (Å²) in [5, 5.41) is 2.32. The first-order chi connectivity index (χ1) is 6.43. The third-order valence-corrected chi connectivity index (χ3v) is 1.27. The van der Waals surface area contributed by atoms with Crippen molar-refractivity contribution >= 4 is 17.6 Å². The SMILES string of the molecule is CC.CC(=O)NC(CC(N)=O)C(C)=O. The molecule has 82 valence electrons. The lowest BCUT2D eigenvalue weighted by molar-refractivity contribution is -0.128. The average molecular weight is 202 g/mol. The van der Waals surface area contributed by atoms with Gasteiger partial charge in [-0.2, -0.15) is 0 Å². The molecule has 2 amide bonds. The van der Waals surface area contributed by atoms with E-state index in [1.807, 2.05) is 13.8 Å². The van der Waals surface area contributed by atoms with Crippen LogP contribution in [0.2, 0.25) is 0 Å². The molecule has 0 fully saturated rings. The van der Waals surface area contributed by atoms with Gasteiger partial charge in [-0.05, 0) is 6.92 Å². The molecule has 5 heteroatoms. The number of hydrogen-bond acceptors (Lipinski definition) is 3. The van der Waals surface area contributed by atoms with Crippen molar-refractivity contribution in [1.82, 2.24) is 5.32 Å². The minimum atomic E-state index is -0.778. The van der Waals surface area contributed by atoms with Crippen molar-refractivity contribution in [2.75, 3.05) is 0 Å². The number of carbonyl (C=O) groups excluding carboxylic acids is 3. The molecule has 0 aliphatic carbocycles. The zero-order chi connectivity index (χ0) is 11.7. The summed E-state index contributed by atoms with van der Waals surface area (Å²) in [4.78, 5) is 31.7. The zero-order valence-corrected chi connectivity index (χ0v) is 9.09. The summed E-state index contributed by atoms with van der Waals surface area (Å²) in [5.74, 6) is -1.23. The fourth-order valence-electron chi connectivity index (χ4n) is 0.743. The highest BCUT2D eigenvalue weighted by molar-refractivity contribution is 5.90. The van der Waals surface area contributed by atoms with Crippen molar-refractivity contribution in [3.63, 3.8) is 0 Å². The first-order valence-corrected chi connectivity index (χ1v) is 4.49. The van der Waals surface area contributed by atoms with Crippen LogP contribution in [0.5, 0.6) is 0 Å². The van der Waals surface area contributed by atoms with E-state index in [2.05, 4.69) is 5.32 Å². The minimum Gasteiger partial charge on any atom is -0.370 e. The molecule has 1 atom stereocenters. The molecule has 0 aromatic rings. The van der Waals surface area contributed by atoms with E-state index >= 15 is 0 Å². The van der Waals surface area contributed by atoms with E-state index in [-0.39, 0.29) is 18.1 Å². The van der Waals surface area contributed by atoms with Gasteiger partial charge in [-0.1, -0.05) is 13.8 Å². The second kappa shape index (κ2) is 8.22. The van der Waals surface area contributed by atoms with Crippen LogP contribution in [-0.4, -0.2) is 23.6 Å². The van der Waals surface area contributed by atoms with Crippen molar-refractivity contribution in [3.8, 4) is 0 Å². The Bertz CT molecular complexity index is 198. The maximum absolute atomic E-state index is 10.8. The molecule has 0 radical (unpaired) electrons. The van der Waals surface area contributed by atoms with Gasteiger partial charge in [-0.15, -0.1) is 0 Å². The van der Waals surface area contributed by atoms with E-state index in [1.54, 1.807) is 0 Å². The molecule has 0 rings (SSSR count). The van der Waals surface area contributed by atoms with Crippen molar-refractivity contribution in [1.29, 1.82) is 0 Å². The number of amides is 2. The lowest BCUT2D eigenvalue weighted by Gasteiger charge is -2.11. The number of nitrogens with two attached hydrogens (primary N) is 1. The van der Waals surface area contributed by atoms with Crippen LogP contribution in [-0.2, 0) is 14.4 Å². The molecule has 0 heterocycles. The van der Waals surface area contributed by atoms with E-state index in [4.69, 9.17) is 5.73 Å². The van der Waals surface area contributed by atoms with Gasteiger partial charge in [0.25, 0.3) is 0 Å². The van der Waals surface area contributed by atoms with Gasteiger partial charge in [-0.25, -0.2) is 0 Å². The lowest BCUT2D eigenvalue weighted by Crippen LogP contribution is -2.41. The standard InChI is InChI=1S/C7H12N2O3.C2H6/c1-4(10)6(3-7(8)12)9-5(2)11;1-2/h6H,3H2,1-2H3,(H2,8,12)(H,9,11);1-2H3. The van der Waals surface area contributed by atoms with Gasteiger partial charge >= 0.3 is 0 Å². The number of hydrogen-bond donors (Lipinski definition) is 2. The summed E-state index contributed by atoms with van der Waals surface area (Å²) in [6.07, 6.45) is -0.144. The number of Topliss-reactive ketones (excluding diaryl/α,β-unsaturated/α-hetero) is 1. The highest BCUT2D eigenvalue weighted by Crippen LogP contribution is 1.92. The molecule has 5 nitrogen and oxygen atoms in total. The van der Waals surface area contributed by atoms with Crippen molar-refractivity contribution < 1.29 is 14.4 Å². The van der Waals surface area contributed by atoms with Gasteiger partial charge in [0.2, 0.25) is 11.8 Å². The van der Waals surface area contributed by atoms with Crippen molar-refractivity contribution in [3.05, 3.63) is 0 Å². The average Bonchev–Trinajstić information content (AvgIpc) is 2.05. The predicted molar refractivity (Wildman–Crippen MR) is 53.4 cm³/mol. The fourth-order valence-corrected chi connectivity index (χ4v) is 0.743. The van der Waals surface area contributed by atoms with E-state index in [0.717, 1.165) is 0 Å². The molecule has 0 aromatic heterocycles. The number of ketones is 1. The van der Waals surface area contributed by atoms with Crippen LogP contribution >= 0.6 is 0 Å². The molecule has 1 unspecified atom stereocenters. The van der Waals surface area contributed by atoms with Crippen LogP contribution in [0.3, 0.4) is 0 Å². The number of nitrogens with one attached hydrogen (secondary N) is 1. The monoisotopic (exact) mass is 202 g/mol. The Balaban J connectivity index is 0. The number of carbonyl (C=O) groups is 3. The first kappa shape index (κ1) is 15.1. The zero-order valence-electron chi connectivity index (χ0n) is 9.09.